The molecule has 0 atom stereocenters. The molecular formula is C18H11ClN2O2. The van der Waals surface area contributed by atoms with Crippen molar-refractivity contribution in [3.8, 4) is 0 Å². The van der Waals surface area contributed by atoms with E-state index in [4.69, 9.17) is 11.6 Å². The summed E-state index contributed by atoms with van der Waals surface area (Å²) in [5.74, 6) is -0.649. The van der Waals surface area contributed by atoms with Crippen LogP contribution in [-0.2, 0) is 0 Å². The highest BCUT2D eigenvalue weighted by atomic mass is 35.5. The van der Waals surface area contributed by atoms with Crippen LogP contribution in [0.2, 0.25) is 5.02 Å². The first kappa shape index (κ1) is 13.9. The number of anilines is 1. The third-order valence-electron chi connectivity index (χ3n) is 3.96. The zero-order chi connectivity index (χ0) is 16.1. The number of imide groups is 1. The van der Waals surface area contributed by atoms with Crippen molar-refractivity contribution in [3.63, 3.8) is 0 Å². The molecule has 4 rings (SSSR count). The van der Waals surface area contributed by atoms with Gasteiger partial charge in [-0.05, 0) is 43.3 Å². The maximum atomic E-state index is 12.7. The number of carbonyl (C=O) groups is 2. The molecule has 0 saturated heterocycles. The van der Waals surface area contributed by atoms with Crippen molar-refractivity contribution in [3.05, 3.63) is 70.4 Å². The molecule has 0 fully saturated rings. The molecule has 0 spiro atoms. The number of aryl methyl sites for hydroxylation is 1. The van der Waals surface area contributed by atoms with Crippen LogP contribution in [0.3, 0.4) is 0 Å². The van der Waals surface area contributed by atoms with Gasteiger partial charge in [0.25, 0.3) is 11.8 Å². The Kier molecular flexibility index (Phi) is 2.96. The first-order valence-electron chi connectivity index (χ1n) is 7.11. The van der Waals surface area contributed by atoms with E-state index in [1.165, 1.54) is 4.90 Å². The molecule has 2 amide bonds. The van der Waals surface area contributed by atoms with E-state index in [9.17, 15) is 9.59 Å². The molecule has 5 heteroatoms. The maximum Gasteiger partial charge on any atom is 0.266 e. The number of hydrogen-bond acceptors (Lipinski definition) is 3. The van der Waals surface area contributed by atoms with Gasteiger partial charge in [-0.3, -0.25) is 14.6 Å². The number of fused-ring (bicyclic) bond motifs is 2. The Morgan fingerprint density at radius 1 is 0.913 bits per heavy atom. The smallest absolute Gasteiger partial charge is 0.266 e. The van der Waals surface area contributed by atoms with Gasteiger partial charge in [-0.1, -0.05) is 23.7 Å². The first-order valence-corrected chi connectivity index (χ1v) is 7.49. The summed E-state index contributed by atoms with van der Waals surface area (Å²) >= 11 is 6.22. The van der Waals surface area contributed by atoms with E-state index in [-0.39, 0.29) is 11.8 Å². The predicted octanol–water partition coefficient (Wildman–Crippen LogP) is 4.00. The summed E-state index contributed by atoms with van der Waals surface area (Å²) in [5.41, 5.74) is 2.74. The molecule has 1 aromatic heterocycles. The standard InChI is InChI=1S/C18H11ClN2O2/c1-10-6-7-13-15(9-8-14(19)16(13)20-10)21-17(22)11-4-2-3-5-12(11)18(21)23/h2-9H,1H3. The van der Waals surface area contributed by atoms with Crippen LogP contribution >= 0.6 is 11.6 Å². The zero-order valence-corrected chi connectivity index (χ0v) is 13.0. The van der Waals surface area contributed by atoms with Gasteiger partial charge >= 0.3 is 0 Å². The predicted molar refractivity (Wildman–Crippen MR) is 89.1 cm³/mol. The summed E-state index contributed by atoms with van der Waals surface area (Å²) < 4.78 is 0. The summed E-state index contributed by atoms with van der Waals surface area (Å²) in [6, 6.07) is 13.8. The molecule has 2 heterocycles. The molecule has 0 aliphatic carbocycles. The first-order chi connectivity index (χ1) is 11.1. The number of aromatic nitrogens is 1. The van der Waals surface area contributed by atoms with Crippen molar-refractivity contribution in [2.45, 2.75) is 6.92 Å². The summed E-state index contributed by atoms with van der Waals surface area (Å²) in [4.78, 5) is 30.9. The average Bonchev–Trinajstić information content (AvgIpc) is 2.81. The Morgan fingerprint density at radius 2 is 1.57 bits per heavy atom. The van der Waals surface area contributed by atoms with Crippen LogP contribution in [0.1, 0.15) is 26.4 Å². The summed E-state index contributed by atoms with van der Waals surface area (Å²) in [6.45, 7) is 1.87. The Balaban J connectivity index is 1.97. The van der Waals surface area contributed by atoms with Crippen LogP contribution in [0.15, 0.2) is 48.5 Å². The second-order valence-electron chi connectivity index (χ2n) is 5.41. The minimum absolute atomic E-state index is 0.324. The van der Waals surface area contributed by atoms with E-state index < -0.39 is 0 Å². The van der Waals surface area contributed by atoms with Crippen molar-refractivity contribution in [1.82, 2.24) is 4.98 Å². The number of pyridine rings is 1. The van der Waals surface area contributed by atoms with Crippen molar-refractivity contribution in [2.75, 3.05) is 4.90 Å². The SMILES string of the molecule is Cc1ccc2c(N3C(=O)c4ccccc4C3=O)ccc(Cl)c2n1. The van der Waals surface area contributed by atoms with Gasteiger partial charge in [-0.25, -0.2) is 4.90 Å². The number of hydrogen-bond donors (Lipinski definition) is 0. The van der Waals surface area contributed by atoms with E-state index in [0.717, 1.165) is 5.69 Å². The largest absolute Gasteiger partial charge is 0.268 e. The lowest BCUT2D eigenvalue weighted by atomic mass is 10.1. The molecule has 0 radical (unpaired) electrons. The van der Waals surface area contributed by atoms with E-state index >= 15 is 0 Å². The minimum atomic E-state index is -0.324. The van der Waals surface area contributed by atoms with E-state index in [1.807, 2.05) is 19.1 Å². The van der Waals surface area contributed by atoms with Crippen LogP contribution in [0.25, 0.3) is 10.9 Å². The van der Waals surface area contributed by atoms with Crippen molar-refractivity contribution in [1.29, 1.82) is 0 Å². The third-order valence-corrected chi connectivity index (χ3v) is 4.26. The molecule has 3 aromatic rings. The molecular weight excluding hydrogens is 312 g/mol. The van der Waals surface area contributed by atoms with Gasteiger partial charge in [0.05, 0.1) is 27.4 Å². The average molecular weight is 323 g/mol. The third kappa shape index (κ3) is 1.95. The van der Waals surface area contributed by atoms with E-state index in [1.54, 1.807) is 36.4 Å². The van der Waals surface area contributed by atoms with Crippen molar-refractivity contribution >= 4 is 40.0 Å². The Hall–Kier alpha value is -2.72. The van der Waals surface area contributed by atoms with Gasteiger partial charge in [0.1, 0.15) is 0 Å². The van der Waals surface area contributed by atoms with Gasteiger partial charge < -0.3 is 0 Å². The van der Waals surface area contributed by atoms with Crippen molar-refractivity contribution in [2.24, 2.45) is 0 Å². The van der Waals surface area contributed by atoms with Gasteiger partial charge in [0.2, 0.25) is 0 Å². The molecule has 112 valence electrons. The number of halogens is 1. The number of benzene rings is 2. The number of carbonyl (C=O) groups excluding carboxylic acids is 2. The summed E-state index contributed by atoms with van der Waals surface area (Å²) in [7, 11) is 0. The van der Waals surface area contributed by atoms with E-state index in [2.05, 4.69) is 4.98 Å². The highest BCUT2D eigenvalue weighted by molar-refractivity contribution is 6.38. The maximum absolute atomic E-state index is 12.7. The molecule has 4 nitrogen and oxygen atoms in total. The fourth-order valence-electron chi connectivity index (χ4n) is 2.87. The summed E-state index contributed by atoms with van der Waals surface area (Å²) in [6.07, 6.45) is 0. The highest BCUT2D eigenvalue weighted by Crippen LogP contribution is 2.35. The fourth-order valence-corrected chi connectivity index (χ4v) is 3.08. The van der Waals surface area contributed by atoms with Gasteiger partial charge in [-0.15, -0.1) is 0 Å². The molecule has 2 aromatic carbocycles. The lowest BCUT2D eigenvalue weighted by molar-refractivity contribution is 0.0926. The van der Waals surface area contributed by atoms with Crippen LogP contribution in [0.5, 0.6) is 0 Å². The van der Waals surface area contributed by atoms with Crippen LogP contribution in [0.4, 0.5) is 5.69 Å². The van der Waals surface area contributed by atoms with Crippen molar-refractivity contribution < 1.29 is 9.59 Å². The molecule has 23 heavy (non-hydrogen) atoms. The van der Waals surface area contributed by atoms with E-state index in [0.29, 0.717) is 32.7 Å². The van der Waals surface area contributed by atoms with Gasteiger partial charge in [0.15, 0.2) is 0 Å². The second kappa shape index (κ2) is 4.89. The highest BCUT2D eigenvalue weighted by Gasteiger charge is 2.37. The molecule has 0 saturated carbocycles. The molecule has 0 bridgehead atoms. The lowest BCUT2D eigenvalue weighted by Crippen LogP contribution is -2.29. The Bertz CT molecular complexity index is 962. The van der Waals surface area contributed by atoms with Crippen LogP contribution in [0, 0.1) is 6.92 Å². The van der Waals surface area contributed by atoms with Gasteiger partial charge in [-0.2, -0.15) is 0 Å². The topological polar surface area (TPSA) is 50.3 Å². The minimum Gasteiger partial charge on any atom is -0.268 e. The second-order valence-corrected chi connectivity index (χ2v) is 5.81. The molecule has 0 unspecified atom stereocenters. The number of rotatable bonds is 1. The lowest BCUT2D eigenvalue weighted by Gasteiger charge is -2.17. The van der Waals surface area contributed by atoms with Crippen LogP contribution in [-0.4, -0.2) is 16.8 Å². The number of nitrogens with zero attached hydrogens (tertiary/aromatic N) is 2. The number of amides is 2. The summed E-state index contributed by atoms with van der Waals surface area (Å²) in [5, 5.41) is 1.17. The Morgan fingerprint density at radius 3 is 2.22 bits per heavy atom. The Labute approximate surface area is 137 Å². The monoisotopic (exact) mass is 322 g/mol. The van der Waals surface area contributed by atoms with Gasteiger partial charge in [0, 0.05) is 11.1 Å². The molecule has 1 aliphatic heterocycles. The van der Waals surface area contributed by atoms with Crippen LogP contribution < -0.4 is 4.90 Å². The fraction of sp³-hybridized carbons (Fsp3) is 0.0556. The molecule has 0 N–H and O–H groups in total. The molecule has 1 aliphatic rings. The quantitative estimate of drug-likeness (QED) is 0.636. The normalized spacial score (nSPS) is 13.7. The zero-order valence-electron chi connectivity index (χ0n) is 12.2.